The SMILES string of the molecule is CCN1CCC(CNC(=NC)N2CCN(Cc3ccon3)CC2)C1.I. The third kappa shape index (κ3) is 5.82. The summed E-state index contributed by atoms with van der Waals surface area (Å²) >= 11 is 0. The van der Waals surface area contributed by atoms with Gasteiger partial charge < -0.3 is 19.6 Å². The van der Waals surface area contributed by atoms with E-state index in [1.54, 1.807) is 6.26 Å². The lowest BCUT2D eigenvalue weighted by Gasteiger charge is -2.36. The number of guanidine groups is 1. The van der Waals surface area contributed by atoms with Gasteiger partial charge in [-0.05, 0) is 25.4 Å². The fraction of sp³-hybridized carbons (Fsp3) is 0.765. The lowest BCUT2D eigenvalue weighted by molar-refractivity contribution is 0.168. The molecule has 2 fully saturated rings. The van der Waals surface area contributed by atoms with Crippen LogP contribution in [0.5, 0.6) is 0 Å². The van der Waals surface area contributed by atoms with Gasteiger partial charge in [-0.2, -0.15) is 0 Å². The number of aromatic nitrogens is 1. The first-order valence-corrected chi connectivity index (χ1v) is 9.08. The van der Waals surface area contributed by atoms with E-state index in [0.29, 0.717) is 0 Å². The summed E-state index contributed by atoms with van der Waals surface area (Å²) in [5, 5.41) is 7.59. The lowest BCUT2D eigenvalue weighted by atomic mass is 10.1. The maximum absolute atomic E-state index is 4.91. The van der Waals surface area contributed by atoms with E-state index in [2.05, 4.69) is 37.1 Å². The summed E-state index contributed by atoms with van der Waals surface area (Å²) < 4.78 is 4.91. The van der Waals surface area contributed by atoms with Crippen LogP contribution in [0.15, 0.2) is 21.8 Å². The molecular formula is C17H31IN6O. The van der Waals surface area contributed by atoms with Crippen molar-refractivity contribution in [3.05, 3.63) is 18.0 Å². The van der Waals surface area contributed by atoms with E-state index in [-0.39, 0.29) is 24.0 Å². The third-order valence-corrected chi connectivity index (χ3v) is 5.13. The molecule has 2 aliphatic heterocycles. The molecule has 2 aliphatic rings. The van der Waals surface area contributed by atoms with Crippen molar-refractivity contribution < 1.29 is 4.52 Å². The minimum absolute atomic E-state index is 0. The molecule has 3 heterocycles. The smallest absolute Gasteiger partial charge is 0.193 e. The maximum atomic E-state index is 4.91. The summed E-state index contributed by atoms with van der Waals surface area (Å²) in [6.07, 6.45) is 2.93. The molecule has 0 aromatic carbocycles. The topological polar surface area (TPSA) is 60.1 Å². The zero-order chi connectivity index (χ0) is 16.8. The van der Waals surface area contributed by atoms with E-state index in [9.17, 15) is 0 Å². The van der Waals surface area contributed by atoms with Crippen LogP contribution in [0.25, 0.3) is 0 Å². The summed E-state index contributed by atoms with van der Waals surface area (Å²) in [6, 6.07) is 1.94. The zero-order valence-corrected chi connectivity index (χ0v) is 17.7. The standard InChI is InChI=1S/C17H30N6O.HI/c1-3-21-6-4-15(13-21)12-19-17(18-2)23-9-7-22(8-10-23)14-16-5-11-24-20-16;/h5,11,15H,3-4,6-10,12-14H2,1-2H3,(H,18,19);1H. The van der Waals surface area contributed by atoms with Crippen LogP contribution in [0, 0.1) is 5.92 Å². The second-order valence-corrected chi connectivity index (χ2v) is 6.73. The number of likely N-dealkylation sites (tertiary alicyclic amines) is 1. The number of hydrogen-bond acceptors (Lipinski definition) is 5. The van der Waals surface area contributed by atoms with E-state index < -0.39 is 0 Å². The highest BCUT2D eigenvalue weighted by Gasteiger charge is 2.23. The number of halogens is 1. The summed E-state index contributed by atoms with van der Waals surface area (Å²) in [7, 11) is 1.89. The Morgan fingerprint density at radius 1 is 1.28 bits per heavy atom. The summed E-state index contributed by atoms with van der Waals surface area (Å²) in [5.74, 6) is 1.79. The Bertz CT molecular complexity index is 515. The zero-order valence-electron chi connectivity index (χ0n) is 15.4. The van der Waals surface area contributed by atoms with Crippen LogP contribution in [-0.2, 0) is 6.54 Å². The van der Waals surface area contributed by atoms with Crippen LogP contribution in [-0.4, -0.2) is 85.2 Å². The number of nitrogens with zero attached hydrogens (tertiary/aromatic N) is 5. The molecule has 0 aliphatic carbocycles. The van der Waals surface area contributed by atoms with Gasteiger partial charge in [0.25, 0.3) is 0 Å². The van der Waals surface area contributed by atoms with Gasteiger partial charge in [0, 0.05) is 58.9 Å². The van der Waals surface area contributed by atoms with Crippen LogP contribution >= 0.6 is 24.0 Å². The minimum atomic E-state index is 0. The first-order chi connectivity index (χ1) is 11.8. The molecule has 1 unspecified atom stereocenters. The molecule has 7 nitrogen and oxygen atoms in total. The molecule has 1 atom stereocenters. The predicted octanol–water partition coefficient (Wildman–Crippen LogP) is 1.33. The predicted molar refractivity (Wildman–Crippen MR) is 110 cm³/mol. The Labute approximate surface area is 167 Å². The Kier molecular flexibility index (Phi) is 8.44. The van der Waals surface area contributed by atoms with Crippen LogP contribution < -0.4 is 5.32 Å². The Morgan fingerprint density at radius 3 is 2.68 bits per heavy atom. The second-order valence-electron chi connectivity index (χ2n) is 6.73. The van der Waals surface area contributed by atoms with Gasteiger partial charge in [0.1, 0.15) is 6.26 Å². The largest absolute Gasteiger partial charge is 0.364 e. The number of aliphatic imine (C=N–C) groups is 1. The van der Waals surface area contributed by atoms with Crippen LogP contribution in [0.3, 0.4) is 0 Å². The fourth-order valence-corrected chi connectivity index (χ4v) is 3.60. The fourth-order valence-electron chi connectivity index (χ4n) is 3.60. The number of nitrogens with one attached hydrogen (secondary N) is 1. The maximum Gasteiger partial charge on any atom is 0.193 e. The van der Waals surface area contributed by atoms with Gasteiger partial charge in [0.2, 0.25) is 0 Å². The molecule has 0 spiro atoms. The van der Waals surface area contributed by atoms with E-state index in [1.807, 2.05) is 13.1 Å². The second kappa shape index (κ2) is 10.3. The van der Waals surface area contributed by atoms with Crippen LogP contribution in [0.1, 0.15) is 19.0 Å². The lowest BCUT2D eigenvalue weighted by Crippen LogP contribution is -2.52. The van der Waals surface area contributed by atoms with Crippen molar-refractivity contribution in [1.29, 1.82) is 0 Å². The summed E-state index contributed by atoms with van der Waals surface area (Å²) in [5.41, 5.74) is 1.01. The minimum Gasteiger partial charge on any atom is -0.364 e. The highest BCUT2D eigenvalue weighted by Crippen LogP contribution is 2.15. The normalized spacial score (nSPS) is 22.9. The first kappa shape index (κ1) is 20.4. The highest BCUT2D eigenvalue weighted by atomic mass is 127. The summed E-state index contributed by atoms with van der Waals surface area (Å²) in [4.78, 5) is 11.8. The molecule has 142 valence electrons. The van der Waals surface area contributed by atoms with Gasteiger partial charge in [-0.25, -0.2) is 0 Å². The van der Waals surface area contributed by atoms with E-state index in [4.69, 9.17) is 4.52 Å². The van der Waals surface area contributed by atoms with Gasteiger partial charge in [-0.3, -0.25) is 9.89 Å². The quantitative estimate of drug-likeness (QED) is 0.405. The van der Waals surface area contributed by atoms with Crippen molar-refractivity contribution in [1.82, 2.24) is 25.2 Å². The molecule has 1 aromatic rings. The summed E-state index contributed by atoms with van der Waals surface area (Å²) in [6.45, 7) is 11.8. The molecule has 2 saturated heterocycles. The molecule has 0 radical (unpaired) electrons. The van der Waals surface area contributed by atoms with Gasteiger partial charge in [0.15, 0.2) is 5.96 Å². The van der Waals surface area contributed by atoms with Crippen molar-refractivity contribution in [3.8, 4) is 0 Å². The van der Waals surface area contributed by atoms with Crippen molar-refractivity contribution in [2.24, 2.45) is 10.9 Å². The van der Waals surface area contributed by atoms with Crippen molar-refractivity contribution >= 4 is 29.9 Å². The molecule has 8 heteroatoms. The van der Waals surface area contributed by atoms with E-state index >= 15 is 0 Å². The van der Waals surface area contributed by atoms with E-state index in [1.165, 1.54) is 26.1 Å². The molecule has 0 amide bonds. The molecule has 3 rings (SSSR count). The number of rotatable bonds is 5. The van der Waals surface area contributed by atoms with Crippen molar-refractivity contribution in [2.45, 2.75) is 19.9 Å². The number of piperazine rings is 1. The average Bonchev–Trinajstić information content (AvgIpc) is 3.28. The van der Waals surface area contributed by atoms with Gasteiger partial charge >= 0.3 is 0 Å². The third-order valence-electron chi connectivity index (χ3n) is 5.13. The Balaban J connectivity index is 0.00000225. The first-order valence-electron chi connectivity index (χ1n) is 9.08. The molecule has 25 heavy (non-hydrogen) atoms. The van der Waals surface area contributed by atoms with Crippen LogP contribution in [0.4, 0.5) is 0 Å². The van der Waals surface area contributed by atoms with Gasteiger partial charge in [0.05, 0.1) is 5.69 Å². The Hall–Kier alpha value is -0.870. The van der Waals surface area contributed by atoms with Crippen molar-refractivity contribution in [2.75, 3.05) is 59.4 Å². The molecule has 0 saturated carbocycles. The van der Waals surface area contributed by atoms with Gasteiger partial charge in [-0.15, -0.1) is 24.0 Å². The van der Waals surface area contributed by atoms with Crippen LogP contribution in [0.2, 0.25) is 0 Å². The van der Waals surface area contributed by atoms with Crippen molar-refractivity contribution in [3.63, 3.8) is 0 Å². The average molecular weight is 462 g/mol. The van der Waals surface area contributed by atoms with E-state index in [0.717, 1.165) is 56.8 Å². The Morgan fingerprint density at radius 2 is 2.08 bits per heavy atom. The molecular weight excluding hydrogens is 431 g/mol. The monoisotopic (exact) mass is 462 g/mol. The highest BCUT2D eigenvalue weighted by molar-refractivity contribution is 14.0. The molecule has 1 aromatic heterocycles. The molecule has 0 bridgehead atoms. The number of hydrogen-bond donors (Lipinski definition) is 1. The van der Waals surface area contributed by atoms with Gasteiger partial charge in [-0.1, -0.05) is 12.1 Å². The molecule has 1 N–H and O–H groups in total.